The number of hydrogen-bond acceptors (Lipinski definition) is 8. The van der Waals surface area contributed by atoms with Crippen LogP contribution in [0.2, 0.25) is 0 Å². The fourth-order valence-electron chi connectivity index (χ4n) is 5.27. The first-order valence-electron chi connectivity index (χ1n) is 17.9. The summed E-state index contributed by atoms with van der Waals surface area (Å²) in [5.74, 6) is 0.502. The van der Waals surface area contributed by atoms with Gasteiger partial charge in [0.05, 0.1) is 37.7 Å². The maximum absolute atomic E-state index is 12.3. The monoisotopic (exact) mass is 665 g/mol. The Hall–Kier alpha value is -3.79. The van der Waals surface area contributed by atoms with Crippen LogP contribution in [0.4, 0.5) is 0 Å². The lowest BCUT2D eigenvalue weighted by molar-refractivity contribution is -0.121. The van der Waals surface area contributed by atoms with Gasteiger partial charge in [-0.15, -0.1) is 10.2 Å². The number of amides is 3. The molecule has 0 bridgehead atoms. The first-order chi connectivity index (χ1) is 23.5. The van der Waals surface area contributed by atoms with Crippen molar-refractivity contribution in [2.24, 2.45) is 0 Å². The molecular weight excluding hydrogens is 610 g/mol. The molecule has 1 aliphatic rings. The third kappa shape index (κ3) is 15.9. The lowest BCUT2D eigenvalue weighted by Gasteiger charge is -2.16. The summed E-state index contributed by atoms with van der Waals surface area (Å²) in [6, 6.07) is 6.93. The van der Waals surface area contributed by atoms with Gasteiger partial charge in [-0.3, -0.25) is 14.4 Å². The Morgan fingerprint density at radius 3 is 1.83 bits per heavy atom. The first kappa shape index (κ1) is 38.7. The van der Waals surface area contributed by atoms with Gasteiger partial charge >= 0.3 is 0 Å². The van der Waals surface area contributed by atoms with Crippen molar-refractivity contribution >= 4 is 17.7 Å². The molecule has 3 amide bonds. The number of unbranched alkanes of at least 4 members (excludes halogenated alkanes) is 12. The maximum atomic E-state index is 12.3. The molecule has 0 saturated heterocycles. The average Bonchev–Trinajstić information content (AvgIpc) is 3.51. The van der Waals surface area contributed by atoms with Crippen LogP contribution in [0.1, 0.15) is 119 Å². The molecule has 1 aliphatic carbocycles. The van der Waals surface area contributed by atoms with Crippen LogP contribution < -0.4 is 16.0 Å². The summed E-state index contributed by atoms with van der Waals surface area (Å²) in [5, 5.41) is 16.3. The highest BCUT2D eigenvalue weighted by atomic mass is 16.5. The Kier molecular flexibility index (Phi) is 18.9. The van der Waals surface area contributed by atoms with E-state index in [2.05, 4.69) is 38.8 Å². The number of carbonyl (C=O) groups is 3. The van der Waals surface area contributed by atoms with E-state index in [0.717, 1.165) is 18.4 Å². The fraction of sp³-hybridized carbons (Fsp3) is 0.622. The number of aromatic nitrogens is 2. The molecule has 1 heterocycles. The summed E-state index contributed by atoms with van der Waals surface area (Å²) < 4.78 is 16.4. The predicted molar refractivity (Wildman–Crippen MR) is 185 cm³/mol. The van der Waals surface area contributed by atoms with Crippen LogP contribution in [-0.4, -0.2) is 67.4 Å². The average molecular weight is 666 g/mol. The number of aryl methyl sites for hydroxylation is 1. The normalized spacial score (nSPS) is 12.2. The van der Waals surface area contributed by atoms with Crippen molar-refractivity contribution in [2.75, 3.05) is 39.5 Å². The van der Waals surface area contributed by atoms with Crippen molar-refractivity contribution in [1.29, 1.82) is 0 Å². The van der Waals surface area contributed by atoms with Gasteiger partial charge in [-0.05, 0) is 30.7 Å². The van der Waals surface area contributed by atoms with Crippen molar-refractivity contribution < 1.29 is 28.3 Å². The molecule has 11 heteroatoms. The zero-order chi connectivity index (χ0) is 34.2. The Balaban J connectivity index is 1.10. The molecule has 0 atom stereocenters. The van der Waals surface area contributed by atoms with E-state index in [1.165, 1.54) is 70.6 Å². The molecule has 3 rings (SSSR count). The number of rotatable bonds is 27. The molecule has 0 spiro atoms. The molecule has 1 aromatic heterocycles. The molecular formula is C37H55N5O6. The highest BCUT2D eigenvalue weighted by molar-refractivity contribution is 5.96. The highest BCUT2D eigenvalue weighted by Gasteiger charge is 2.19. The molecule has 0 fully saturated rings. The van der Waals surface area contributed by atoms with Gasteiger partial charge in [0.2, 0.25) is 17.7 Å². The number of carbonyl (C=O) groups excluding carboxylic acids is 3. The van der Waals surface area contributed by atoms with Gasteiger partial charge < -0.3 is 29.8 Å². The van der Waals surface area contributed by atoms with Crippen LogP contribution >= 0.6 is 0 Å². The van der Waals surface area contributed by atoms with Gasteiger partial charge in [0.1, 0.15) is 0 Å². The zero-order valence-electron chi connectivity index (χ0n) is 29.0. The van der Waals surface area contributed by atoms with Crippen molar-refractivity contribution in [3.63, 3.8) is 0 Å². The van der Waals surface area contributed by atoms with Gasteiger partial charge in [0.25, 0.3) is 11.8 Å². The molecule has 11 nitrogen and oxygen atoms in total. The molecule has 264 valence electrons. The molecule has 48 heavy (non-hydrogen) atoms. The maximum Gasteiger partial charge on any atom is 0.255 e. The summed E-state index contributed by atoms with van der Waals surface area (Å²) >= 11 is 0. The second kappa shape index (κ2) is 23.5. The Morgan fingerprint density at radius 2 is 1.29 bits per heavy atom. The minimum absolute atomic E-state index is 0.000463. The van der Waals surface area contributed by atoms with Crippen molar-refractivity contribution in [2.45, 2.75) is 110 Å². The number of hydrogen-bond donors (Lipinski definition) is 3. The van der Waals surface area contributed by atoms with E-state index >= 15 is 0 Å². The minimum Gasteiger partial charge on any atom is -0.421 e. The minimum atomic E-state index is -0.199. The van der Waals surface area contributed by atoms with Crippen molar-refractivity contribution in [3.8, 4) is 11.5 Å². The van der Waals surface area contributed by atoms with Gasteiger partial charge in [-0.1, -0.05) is 89.7 Å². The number of nitrogens with one attached hydrogen (secondary N) is 3. The van der Waals surface area contributed by atoms with Crippen LogP contribution in [0.5, 0.6) is 0 Å². The van der Waals surface area contributed by atoms with Crippen molar-refractivity contribution in [3.05, 3.63) is 52.7 Å². The van der Waals surface area contributed by atoms with Gasteiger partial charge in [-0.25, -0.2) is 0 Å². The van der Waals surface area contributed by atoms with Gasteiger partial charge in [0.15, 0.2) is 0 Å². The van der Waals surface area contributed by atoms with E-state index in [1.54, 1.807) is 31.2 Å². The number of benzene rings is 1. The quantitative estimate of drug-likeness (QED) is 0.0741. The Morgan fingerprint density at radius 1 is 0.750 bits per heavy atom. The molecule has 2 aromatic rings. The third-order valence-electron chi connectivity index (χ3n) is 8.08. The number of ether oxygens (including phenoxy) is 2. The van der Waals surface area contributed by atoms with E-state index in [0.29, 0.717) is 81.0 Å². The molecule has 0 unspecified atom stereocenters. The highest BCUT2D eigenvalue weighted by Crippen LogP contribution is 2.19. The van der Waals surface area contributed by atoms with Gasteiger partial charge in [-0.2, -0.15) is 0 Å². The Labute approximate surface area is 285 Å². The van der Waals surface area contributed by atoms with Crippen LogP contribution in [0.3, 0.4) is 0 Å². The SMILES string of the molecule is CCCCCCCCCCCCCCCC(=O)NC1=C=C(C(=O)NCCOCCOCCNC(=O)c2ccc(-c3nnc(C)o3)cc2)C1. The second-order valence-corrected chi connectivity index (χ2v) is 12.2. The predicted octanol–water partition coefficient (Wildman–Crippen LogP) is 6.33. The molecule has 3 N–H and O–H groups in total. The molecule has 0 saturated carbocycles. The van der Waals surface area contributed by atoms with Gasteiger partial charge in [0, 0.05) is 44.0 Å². The summed E-state index contributed by atoms with van der Waals surface area (Å²) in [6.45, 7) is 6.16. The van der Waals surface area contributed by atoms with E-state index in [4.69, 9.17) is 13.9 Å². The third-order valence-corrected chi connectivity index (χ3v) is 8.08. The van der Waals surface area contributed by atoms with Crippen LogP contribution in [0, 0.1) is 6.92 Å². The fourth-order valence-corrected chi connectivity index (χ4v) is 5.27. The molecule has 0 radical (unpaired) electrons. The Bertz CT molecular complexity index is 1320. The van der Waals surface area contributed by atoms with Crippen molar-refractivity contribution in [1.82, 2.24) is 26.1 Å². The summed E-state index contributed by atoms with van der Waals surface area (Å²) in [6.07, 6.45) is 17.6. The molecule has 0 aliphatic heterocycles. The van der Waals surface area contributed by atoms with Crippen LogP contribution in [-0.2, 0) is 19.1 Å². The second-order valence-electron chi connectivity index (χ2n) is 12.2. The smallest absolute Gasteiger partial charge is 0.255 e. The zero-order valence-corrected chi connectivity index (χ0v) is 29.0. The summed E-state index contributed by atoms with van der Waals surface area (Å²) in [5.41, 5.74) is 5.44. The van der Waals surface area contributed by atoms with Crippen LogP contribution in [0.15, 0.2) is 45.7 Å². The van der Waals surface area contributed by atoms with E-state index < -0.39 is 0 Å². The standard InChI is InChI=1S/C37H55N5O6/c1-3-4-5-6-7-8-9-10-11-12-13-14-15-16-34(43)40-33-27-32(28-33)36(45)39-22-24-47-26-25-46-23-21-38-35(44)30-17-19-31(20-18-30)37-42-41-29(2)48-37/h17-20H,3-16,21-27H2,1-2H3,(H,38,44)(H,39,45)(H,40,43). The van der Waals surface area contributed by atoms with E-state index in [9.17, 15) is 14.4 Å². The first-order valence-corrected chi connectivity index (χ1v) is 17.9. The summed E-state index contributed by atoms with van der Waals surface area (Å²) in [4.78, 5) is 36.8. The largest absolute Gasteiger partial charge is 0.421 e. The number of nitrogens with zero attached hydrogens (tertiary/aromatic N) is 2. The van der Waals surface area contributed by atoms with E-state index in [1.807, 2.05) is 0 Å². The lowest BCUT2D eigenvalue weighted by Crippen LogP contribution is -2.33. The molecule has 1 aromatic carbocycles. The van der Waals surface area contributed by atoms with E-state index in [-0.39, 0.29) is 17.7 Å². The lowest BCUT2D eigenvalue weighted by atomic mass is 10.0. The summed E-state index contributed by atoms with van der Waals surface area (Å²) in [7, 11) is 0. The van der Waals surface area contributed by atoms with Crippen LogP contribution in [0.25, 0.3) is 11.5 Å². The topological polar surface area (TPSA) is 145 Å².